The first kappa shape index (κ1) is 19.9. The second-order valence-corrected chi connectivity index (χ2v) is 7.78. The molecule has 1 fully saturated rings. The summed E-state index contributed by atoms with van der Waals surface area (Å²) in [6.45, 7) is 0.388. The first-order valence-electron chi connectivity index (χ1n) is 10.1. The van der Waals surface area contributed by atoms with E-state index in [1.807, 2.05) is 24.3 Å². The van der Waals surface area contributed by atoms with Crippen molar-refractivity contribution in [2.45, 2.75) is 44.0 Å². The van der Waals surface area contributed by atoms with Crippen molar-refractivity contribution >= 4 is 10.8 Å². The van der Waals surface area contributed by atoms with Gasteiger partial charge in [0.25, 0.3) is 0 Å². The Morgan fingerprint density at radius 3 is 2.41 bits per heavy atom. The number of fused-ring (bicyclic) bond motifs is 1. The van der Waals surface area contributed by atoms with Crippen LogP contribution < -0.4 is 4.74 Å². The number of rotatable bonds is 6. The number of halogens is 1. The van der Waals surface area contributed by atoms with Crippen LogP contribution >= 0.6 is 0 Å². The van der Waals surface area contributed by atoms with Gasteiger partial charge in [0.1, 0.15) is 18.2 Å². The molecule has 3 aromatic carbocycles. The topological polar surface area (TPSA) is 27.7 Å². The summed E-state index contributed by atoms with van der Waals surface area (Å²) in [5.74, 6) is 0.222. The summed E-state index contributed by atoms with van der Waals surface area (Å²) in [6.07, 6.45) is 3.64. The Morgan fingerprint density at radius 1 is 0.931 bits per heavy atom. The molecule has 0 bridgehead atoms. The van der Waals surface area contributed by atoms with Gasteiger partial charge in [0.05, 0.1) is 11.7 Å². The van der Waals surface area contributed by atoms with Crippen molar-refractivity contribution in [3.63, 3.8) is 0 Å². The van der Waals surface area contributed by atoms with Gasteiger partial charge in [0.15, 0.2) is 0 Å². The Labute approximate surface area is 171 Å². The molecule has 4 heteroatoms. The second-order valence-electron chi connectivity index (χ2n) is 7.78. The molecule has 3 aromatic rings. The Hall–Kier alpha value is -2.43. The molecule has 0 heterocycles. The molecule has 0 aliphatic heterocycles. The van der Waals surface area contributed by atoms with Gasteiger partial charge in [-0.25, -0.2) is 4.39 Å². The standard InChI is InChI=1S/C25H27FO3/c1-27-23-9-11-25(28-2,12-10-23)21-14-22(26)16-24(15-21)29-17-18-7-8-19-5-3-4-6-20(19)13-18/h3-8,13-16,23H,9-12,17H2,1-2H3/t23-,25+. The van der Waals surface area contributed by atoms with Crippen LogP contribution in [-0.4, -0.2) is 20.3 Å². The first-order chi connectivity index (χ1) is 14.1. The number of hydrogen-bond acceptors (Lipinski definition) is 3. The molecule has 0 saturated heterocycles. The van der Waals surface area contributed by atoms with Gasteiger partial charge in [-0.05, 0) is 65.8 Å². The van der Waals surface area contributed by atoms with Gasteiger partial charge in [-0.3, -0.25) is 0 Å². The smallest absolute Gasteiger partial charge is 0.127 e. The zero-order valence-corrected chi connectivity index (χ0v) is 17.0. The minimum Gasteiger partial charge on any atom is -0.489 e. The van der Waals surface area contributed by atoms with Crippen molar-refractivity contribution < 1.29 is 18.6 Å². The average Bonchev–Trinajstić information content (AvgIpc) is 2.77. The molecule has 1 aliphatic rings. The quantitative estimate of drug-likeness (QED) is 0.514. The zero-order chi connectivity index (χ0) is 20.3. The van der Waals surface area contributed by atoms with Crippen LogP contribution in [0.3, 0.4) is 0 Å². The Balaban J connectivity index is 1.53. The first-order valence-corrected chi connectivity index (χ1v) is 10.1. The van der Waals surface area contributed by atoms with Gasteiger partial charge < -0.3 is 14.2 Å². The lowest BCUT2D eigenvalue weighted by Gasteiger charge is -2.39. The molecule has 1 aliphatic carbocycles. The molecule has 0 amide bonds. The van der Waals surface area contributed by atoms with Crippen molar-refractivity contribution in [1.29, 1.82) is 0 Å². The lowest BCUT2D eigenvalue weighted by molar-refractivity contribution is -0.0764. The van der Waals surface area contributed by atoms with E-state index in [-0.39, 0.29) is 11.9 Å². The maximum absolute atomic E-state index is 14.4. The van der Waals surface area contributed by atoms with E-state index < -0.39 is 5.60 Å². The molecule has 29 heavy (non-hydrogen) atoms. The van der Waals surface area contributed by atoms with Crippen LogP contribution in [0.1, 0.15) is 36.8 Å². The highest BCUT2D eigenvalue weighted by Gasteiger charge is 2.37. The minimum absolute atomic E-state index is 0.246. The van der Waals surface area contributed by atoms with E-state index in [1.54, 1.807) is 20.3 Å². The molecule has 0 unspecified atom stereocenters. The van der Waals surface area contributed by atoms with Gasteiger partial charge in [-0.2, -0.15) is 0 Å². The zero-order valence-electron chi connectivity index (χ0n) is 17.0. The molecule has 0 spiro atoms. The Morgan fingerprint density at radius 2 is 1.69 bits per heavy atom. The Bertz CT molecular complexity index is 977. The highest BCUT2D eigenvalue weighted by molar-refractivity contribution is 5.82. The van der Waals surface area contributed by atoms with Crippen molar-refractivity contribution in [1.82, 2.24) is 0 Å². The van der Waals surface area contributed by atoms with Crippen LogP contribution in [0.2, 0.25) is 0 Å². The van der Waals surface area contributed by atoms with Crippen molar-refractivity contribution in [2.75, 3.05) is 14.2 Å². The maximum atomic E-state index is 14.4. The van der Waals surface area contributed by atoms with Gasteiger partial charge in [-0.15, -0.1) is 0 Å². The van der Waals surface area contributed by atoms with Crippen LogP contribution in [-0.2, 0) is 21.7 Å². The van der Waals surface area contributed by atoms with Gasteiger partial charge in [-0.1, -0.05) is 36.4 Å². The molecule has 4 rings (SSSR count). The van der Waals surface area contributed by atoms with Crippen molar-refractivity contribution in [3.05, 3.63) is 77.6 Å². The molecule has 152 valence electrons. The summed E-state index contributed by atoms with van der Waals surface area (Å²) in [5, 5.41) is 2.36. The lowest BCUT2D eigenvalue weighted by Crippen LogP contribution is -2.36. The predicted molar refractivity (Wildman–Crippen MR) is 113 cm³/mol. The summed E-state index contributed by atoms with van der Waals surface area (Å²) in [7, 11) is 3.44. The normalized spacial score (nSPS) is 22.0. The third kappa shape index (κ3) is 4.29. The third-order valence-corrected chi connectivity index (χ3v) is 6.08. The molecule has 0 N–H and O–H groups in total. The van der Waals surface area contributed by atoms with Crippen molar-refractivity contribution in [3.8, 4) is 5.75 Å². The third-order valence-electron chi connectivity index (χ3n) is 6.08. The van der Waals surface area contributed by atoms with Gasteiger partial charge in [0.2, 0.25) is 0 Å². The monoisotopic (exact) mass is 394 g/mol. The summed E-state index contributed by atoms with van der Waals surface area (Å²) in [6, 6.07) is 19.4. The molecule has 1 saturated carbocycles. The van der Waals surface area contributed by atoms with E-state index in [9.17, 15) is 4.39 Å². The fourth-order valence-corrected chi connectivity index (χ4v) is 4.31. The van der Waals surface area contributed by atoms with E-state index in [0.717, 1.165) is 36.8 Å². The fourth-order valence-electron chi connectivity index (χ4n) is 4.31. The van der Waals surface area contributed by atoms with Crippen LogP contribution in [0, 0.1) is 5.82 Å². The largest absolute Gasteiger partial charge is 0.489 e. The second kappa shape index (κ2) is 8.52. The highest BCUT2D eigenvalue weighted by atomic mass is 19.1. The number of methoxy groups -OCH3 is 2. The molecule has 0 radical (unpaired) electrons. The summed E-state index contributed by atoms with van der Waals surface area (Å²) < 4.78 is 31.7. The molecule has 0 atom stereocenters. The van der Waals surface area contributed by atoms with E-state index in [4.69, 9.17) is 14.2 Å². The van der Waals surface area contributed by atoms with Crippen LogP contribution in [0.4, 0.5) is 4.39 Å². The van der Waals surface area contributed by atoms with Crippen molar-refractivity contribution in [2.24, 2.45) is 0 Å². The summed E-state index contributed by atoms with van der Waals surface area (Å²) in [4.78, 5) is 0. The predicted octanol–water partition coefficient (Wildman–Crippen LogP) is 5.99. The van der Waals surface area contributed by atoms with Gasteiger partial charge in [0, 0.05) is 20.3 Å². The number of hydrogen-bond donors (Lipinski definition) is 0. The van der Waals surface area contributed by atoms with Crippen LogP contribution in [0.5, 0.6) is 5.75 Å². The van der Waals surface area contributed by atoms with Gasteiger partial charge >= 0.3 is 0 Å². The SMILES string of the molecule is CO[C@H]1CC[C@](OC)(c2cc(F)cc(OCc3ccc4ccccc4c3)c2)CC1. The average molecular weight is 394 g/mol. The minimum atomic E-state index is -0.488. The summed E-state index contributed by atoms with van der Waals surface area (Å²) >= 11 is 0. The highest BCUT2D eigenvalue weighted by Crippen LogP contribution is 2.42. The summed E-state index contributed by atoms with van der Waals surface area (Å²) in [5.41, 5.74) is 1.40. The van der Waals surface area contributed by atoms with E-state index in [1.165, 1.54) is 16.8 Å². The van der Waals surface area contributed by atoms with E-state index in [2.05, 4.69) is 24.3 Å². The molecular formula is C25H27FO3. The van der Waals surface area contributed by atoms with E-state index in [0.29, 0.717) is 12.4 Å². The van der Waals surface area contributed by atoms with Crippen LogP contribution in [0.25, 0.3) is 10.8 Å². The molecule has 3 nitrogen and oxygen atoms in total. The molecule has 0 aromatic heterocycles. The maximum Gasteiger partial charge on any atom is 0.127 e. The number of ether oxygens (including phenoxy) is 3. The fraction of sp³-hybridized carbons (Fsp3) is 0.360. The Kier molecular flexibility index (Phi) is 5.84. The number of benzene rings is 3. The lowest BCUT2D eigenvalue weighted by atomic mass is 9.78. The van der Waals surface area contributed by atoms with E-state index >= 15 is 0 Å². The molecular weight excluding hydrogens is 367 g/mol. The van der Waals surface area contributed by atoms with Crippen LogP contribution in [0.15, 0.2) is 60.7 Å².